The number of hydrogen-bond donors (Lipinski definition) is 0. The van der Waals surface area contributed by atoms with E-state index in [-0.39, 0.29) is 18.0 Å². The van der Waals surface area contributed by atoms with Crippen LogP contribution in [0.3, 0.4) is 0 Å². The Kier molecular flexibility index (Phi) is 7.42. The van der Waals surface area contributed by atoms with Gasteiger partial charge >= 0.3 is 6.18 Å². The van der Waals surface area contributed by atoms with Gasteiger partial charge in [-0.3, -0.25) is 5.01 Å². The maximum absolute atomic E-state index is 14.4. The summed E-state index contributed by atoms with van der Waals surface area (Å²) < 4.78 is 65.9. The number of benzene rings is 2. The van der Waals surface area contributed by atoms with E-state index in [1.807, 2.05) is 11.8 Å². The molecule has 9 heteroatoms. The molecule has 0 amide bonds. The number of hydrogen-bond acceptors (Lipinski definition) is 5. The minimum atomic E-state index is -4.44. The van der Waals surface area contributed by atoms with Crippen LogP contribution < -0.4 is 19.4 Å². The summed E-state index contributed by atoms with van der Waals surface area (Å²) in [6.45, 7) is 4.80. The van der Waals surface area contributed by atoms with Crippen LogP contribution in [0.1, 0.15) is 39.5 Å². The minimum absolute atomic E-state index is 0.0374. The van der Waals surface area contributed by atoms with Crippen LogP contribution >= 0.6 is 0 Å². The van der Waals surface area contributed by atoms with Gasteiger partial charge in [0.1, 0.15) is 29.1 Å². The zero-order valence-corrected chi connectivity index (χ0v) is 20.2. The SMILES string of the molecule is CC[C@H]1C(C)C(C(F)(F)F)=NN1c1ccc(OC2CCCN(c3cc(OC)ccc3F)CC2)cc1. The predicted molar refractivity (Wildman–Crippen MR) is 129 cm³/mol. The lowest BCUT2D eigenvalue weighted by Gasteiger charge is -2.26. The molecular weight excluding hydrogens is 462 g/mol. The first kappa shape index (κ1) is 25.1. The van der Waals surface area contributed by atoms with Gasteiger partial charge in [0.2, 0.25) is 0 Å². The number of halogens is 4. The Morgan fingerprint density at radius 1 is 1.03 bits per heavy atom. The summed E-state index contributed by atoms with van der Waals surface area (Å²) in [7, 11) is 1.56. The number of ether oxygens (including phenoxy) is 2. The molecule has 190 valence electrons. The Balaban J connectivity index is 1.41. The highest BCUT2D eigenvalue weighted by molar-refractivity contribution is 5.95. The molecule has 0 saturated carbocycles. The van der Waals surface area contributed by atoms with E-state index in [1.54, 1.807) is 50.4 Å². The van der Waals surface area contributed by atoms with Gasteiger partial charge in [-0.2, -0.15) is 18.3 Å². The second kappa shape index (κ2) is 10.3. The first-order valence-corrected chi connectivity index (χ1v) is 12.0. The molecule has 2 aromatic carbocycles. The van der Waals surface area contributed by atoms with Crippen LogP contribution in [0.15, 0.2) is 47.6 Å². The molecule has 2 aliphatic rings. The van der Waals surface area contributed by atoms with Gasteiger partial charge in [0, 0.05) is 31.5 Å². The van der Waals surface area contributed by atoms with Crippen LogP contribution in [-0.4, -0.2) is 44.2 Å². The topological polar surface area (TPSA) is 37.3 Å². The monoisotopic (exact) mass is 493 g/mol. The van der Waals surface area contributed by atoms with Crippen LogP contribution in [0.4, 0.5) is 28.9 Å². The molecule has 1 saturated heterocycles. The number of hydrazone groups is 1. The molecule has 0 aromatic heterocycles. The van der Waals surface area contributed by atoms with Crippen molar-refractivity contribution < 1.29 is 27.0 Å². The van der Waals surface area contributed by atoms with E-state index < -0.39 is 17.8 Å². The maximum atomic E-state index is 14.4. The second-order valence-corrected chi connectivity index (χ2v) is 9.06. The van der Waals surface area contributed by atoms with Crippen LogP contribution in [-0.2, 0) is 0 Å². The van der Waals surface area contributed by atoms with E-state index in [4.69, 9.17) is 9.47 Å². The van der Waals surface area contributed by atoms with Gasteiger partial charge in [-0.1, -0.05) is 13.8 Å². The molecule has 35 heavy (non-hydrogen) atoms. The largest absolute Gasteiger partial charge is 0.497 e. The van der Waals surface area contributed by atoms with Crippen molar-refractivity contribution >= 4 is 17.1 Å². The Hall–Kier alpha value is -2.97. The van der Waals surface area contributed by atoms with Crippen molar-refractivity contribution in [3.05, 3.63) is 48.3 Å². The molecular formula is C26H31F4N3O2. The summed E-state index contributed by atoms with van der Waals surface area (Å²) in [6, 6.07) is 11.4. The molecule has 0 aliphatic carbocycles. The van der Waals surface area contributed by atoms with Gasteiger partial charge < -0.3 is 14.4 Å². The summed E-state index contributed by atoms with van der Waals surface area (Å²) in [4.78, 5) is 2.01. The van der Waals surface area contributed by atoms with E-state index in [0.717, 1.165) is 19.3 Å². The van der Waals surface area contributed by atoms with Crippen molar-refractivity contribution in [2.75, 3.05) is 30.1 Å². The average molecular weight is 494 g/mol. The zero-order chi connectivity index (χ0) is 25.2. The Morgan fingerprint density at radius 3 is 2.40 bits per heavy atom. The zero-order valence-electron chi connectivity index (χ0n) is 20.2. The average Bonchev–Trinajstić information content (AvgIpc) is 3.01. The summed E-state index contributed by atoms with van der Waals surface area (Å²) >= 11 is 0. The number of nitrogens with zero attached hydrogens (tertiary/aromatic N) is 3. The lowest BCUT2D eigenvalue weighted by molar-refractivity contribution is -0.0620. The molecule has 1 fully saturated rings. The lowest BCUT2D eigenvalue weighted by Crippen LogP contribution is -2.34. The number of anilines is 2. The fourth-order valence-electron chi connectivity index (χ4n) is 4.92. The molecule has 2 unspecified atom stereocenters. The van der Waals surface area contributed by atoms with E-state index in [9.17, 15) is 17.6 Å². The highest BCUT2D eigenvalue weighted by atomic mass is 19.4. The molecule has 2 heterocycles. The molecule has 3 atom stereocenters. The van der Waals surface area contributed by atoms with Gasteiger partial charge in [0.15, 0.2) is 0 Å². The van der Waals surface area contributed by atoms with Gasteiger partial charge in [-0.05, 0) is 55.7 Å². The van der Waals surface area contributed by atoms with Crippen LogP contribution in [0.25, 0.3) is 0 Å². The molecule has 0 N–H and O–H groups in total. The summed E-state index contributed by atoms with van der Waals surface area (Å²) in [5.74, 6) is 0.293. The first-order chi connectivity index (χ1) is 16.7. The van der Waals surface area contributed by atoms with E-state index in [1.165, 1.54) is 11.1 Å². The number of methoxy groups -OCH3 is 1. The highest BCUT2D eigenvalue weighted by Gasteiger charge is 2.47. The van der Waals surface area contributed by atoms with Crippen molar-refractivity contribution in [2.24, 2.45) is 11.0 Å². The Bertz CT molecular complexity index is 1040. The van der Waals surface area contributed by atoms with Crippen molar-refractivity contribution in [3.8, 4) is 11.5 Å². The lowest BCUT2D eigenvalue weighted by atomic mass is 9.95. The number of alkyl halides is 3. The fraction of sp³-hybridized carbons (Fsp3) is 0.500. The smallest absolute Gasteiger partial charge is 0.431 e. The molecule has 0 radical (unpaired) electrons. The van der Waals surface area contributed by atoms with E-state index >= 15 is 0 Å². The van der Waals surface area contributed by atoms with Crippen molar-refractivity contribution in [3.63, 3.8) is 0 Å². The van der Waals surface area contributed by atoms with Gasteiger partial charge in [-0.15, -0.1) is 0 Å². The van der Waals surface area contributed by atoms with Gasteiger partial charge in [0.05, 0.1) is 24.5 Å². The predicted octanol–water partition coefficient (Wildman–Crippen LogP) is 6.43. The summed E-state index contributed by atoms with van der Waals surface area (Å²) in [5.41, 5.74) is 0.398. The molecule has 2 aromatic rings. The summed E-state index contributed by atoms with van der Waals surface area (Å²) in [5, 5.41) is 5.39. The quantitative estimate of drug-likeness (QED) is 0.435. The number of rotatable bonds is 6. The minimum Gasteiger partial charge on any atom is -0.497 e. The van der Waals surface area contributed by atoms with Crippen LogP contribution in [0, 0.1) is 11.7 Å². The van der Waals surface area contributed by atoms with Crippen molar-refractivity contribution in [1.29, 1.82) is 0 Å². The van der Waals surface area contributed by atoms with Crippen molar-refractivity contribution in [2.45, 2.75) is 57.9 Å². The van der Waals surface area contributed by atoms with E-state index in [2.05, 4.69) is 5.10 Å². The Labute approximate surface area is 203 Å². The molecule has 4 rings (SSSR count). The fourth-order valence-corrected chi connectivity index (χ4v) is 4.92. The normalized spacial score (nSPS) is 23.2. The Morgan fingerprint density at radius 2 is 1.74 bits per heavy atom. The third-order valence-electron chi connectivity index (χ3n) is 6.82. The molecule has 0 bridgehead atoms. The van der Waals surface area contributed by atoms with E-state index in [0.29, 0.717) is 42.4 Å². The molecule has 0 spiro atoms. The standard InChI is InChI=1S/C26H31F4N3O2/c1-4-23-17(2)25(26(28,29)30)31-33(23)18-7-9-20(10-8-18)35-19-6-5-14-32(15-13-19)24-16-21(34-3)11-12-22(24)27/h7-12,16-17,19,23H,4-6,13-15H2,1-3H3/t17?,19?,23-/m0/s1. The van der Waals surface area contributed by atoms with Gasteiger partial charge in [0.25, 0.3) is 0 Å². The molecule has 5 nitrogen and oxygen atoms in total. The second-order valence-electron chi connectivity index (χ2n) is 9.06. The van der Waals surface area contributed by atoms with Gasteiger partial charge in [-0.25, -0.2) is 4.39 Å². The maximum Gasteiger partial charge on any atom is 0.431 e. The third kappa shape index (κ3) is 5.49. The third-order valence-corrected chi connectivity index (χ3v) is 6.82. The van der Waals surface area contributed by atoms with Crippen molar-refractivity contribution in [1.82, 2.24) is 0 Å². The van der Waals surface area contributed by atoms with Crippen LogP contribution in [0.2, 0.25) is 0 Å². The van der Waals surface area contributed by atoms with Crippen LogP contribution in [0.5, 0.6) is 11.5 Å². The summed E-state index contributed by atoms with van der Waals surface area (Å²) in [6.07, 6.45) is -1.53. The molecule has 2 aliphatic heterocycles. The first-order valence-electron chi connectivity index (χ1n) is 12.0. The highest BCUT2D eigenvalue weighted by Crippen LogP contribution is 2.37.